The molecule has 0 fully saturated rings. The average Bonchev–Trinajstić information content (AvgIpc) is 2.63. The van der Waals surface area contributed by atoms with E-state index in [1.165, 1.54) is 0 Å². The van der Waals surface area contributed by atoms with E-state index in [4.69, 9.17) is 19.9 Å². The highest BCUT2D eigenvalue weighted by Crippen LogP contribution is 2.29. The first-order valence-electron chi connectivity index (χ1n) is 7.55. The van der Waals surface area contributed by atoms with E-state index in [0.717, 1.165) is 0 Å². The molecule has 0 aliphatic heterocycles. The monoisotopic (exact) mass is 387 g/mol. The third kappa shape index (κ3) is 6.83. The maximum atomic E-state index is 13.3. The lowest BCUT2D eigenvalue weighted by molar-refractivity contribution is -0.136. The van der Waals surface area contributed by atoms with Gasteiger partial charge in [-0.3, -0.25) is 4.79 Å². The quantitative estimate of drug-likeness (QED) is 0.147. The molecule has 0 unspecified atom stereocenters. The van der Waals surface area contributed by atoms with Crippen molar-refractivity contribution >= 4 is 5.97 Å². The first kappa shape index (κ1) is 22.2. The van der Waals surface area contributed by atoms with Crippen molar-refractivity contribution in [2.24, 2.45) is 5.73 Å². The lowest BCUT2D eigenvalue weighted by atomic mass is 10.2. The molecule has 26 heavy (non-hydrogen) atoms. The van der Waals surface area contributed by atoms with Crippen LogP contribution in [-0.4, -0.2) is 52.2 Å². The number of hydrogen-bond acceptors (Lipinski definition) is 6. The van der Waals surface area contributed by atoms with Crippen molar-refractivity contribution in [3.8, 4) is 5.75 Å². The summed E-state index contributed by atoms with van der Waals surface area (Å²) in [4.78, 5) is 11.4. The van der Waals surface area contributed by atoms with Crippen molar-refractivity contribution in [2.45, 2.75) is 6.42 Å². The molecule has 0 atom stereocenters. The second-order valence-electron chi connectivity index (χ2n) is 4.75. The van der Waals surface area contributed by atoms with Gasteiger partial charge < -0.3 is 24.7 Å². The van der Waals surface area contributed by atoms with Crippen LogP contribution in [0.3, 0.4) is 0 Å². The Balaban J connectivity index is 2.28. The molecule has 148 valence electrons. The summed E-state index contributed by atoms with van der Waals surface area (Å²) in [5.74, 6) is -14.0. The Morgan fingerprint density at radius 3 is 1.62 bits per heavy atom. The molecule has 0 radical (unpaired) electrons. The molecule has 11 heteroatoms. The maximum Gasteiger partial charge on any atom is 0.313 e. The van der Waals surface area contributed by atoms with Crippen LogP contribution in [0.5, 0.6) is 5.75 Å². The molecule has 0 aliphatic carbocycles. The van der Waals surface area contributed by atoms with Crippen LogP contribution < -0.4 is 10.5 Å². The molecule has 0 spiro atoms. The molecule has 2 N–H and O–H groups in total. The topological polar surface area (TPSA) is 80.0 Å². The van der Waals surface area contributed by atoms with Gasteiger partial charge in [0.1, 0.15) is 0 Å². The number of esters is 1. The molecule has 1 rings (SSSR count). The Morgan fingerprint density at radius 2 is 1.12 bits per heavy atom. The van der Waals surface area contributed by atoms with Crippen molar-refractivity contribution in [1.29, 1.82) is 0 Å². The minimum absolute atomic E-state index is 0.118. The highest BCUT2D eigenvalue weighted by atomic mass is 19.2. The predicted molar refractivity (Wildman–Crippen MR) is 78.0 cm³/mol. The summed E-state index contributed by atoms with van der Waals surface area (Å²) in [6, 6.07) is 0. The zero-order chi connectivity index (χ0) is 19.5. The fourth-order valence-corrected chi connectivity index (χ4v) is 1.62. The SMILES string of the molecule is NCCOCCOCCOCCC(=O)Oc1c(F)c(F)c(F)c(F)c1F. The van der Waals surface area contributed by atoms with Crippen LogP contribution in [0.1, 0.15) is 6.42 Å². The first-order valence-corrected chi connectivity index (χ1v) is 7.55. The number of rotatable bonds is 12. The summed E-state index contributed by atoms with van der Waals surface area (Å²) in [6.45, 7) is 1.65. The van der Waals surface area contributed by atoms with Gasteiger partial charge in [-0.2, -0.15) is 8.78 Å². The molecule has 1 aromatic carbocycles. The normalized spacial score (nSPS) is 11.0. The first-order chi connectivity index (χ1) is 12.4. The smallest absolute Gasteiger partial charge is 0.313 e. The van der Waals surface area contributed by atoms with Crippen LogP contribution in [0.15, 0.2) is 0 Å². The number of benzene rings is 1. The highest BCUT2D eigenvalue weighted by molar-refractivity contribution is 5.72. The molecule has 0 saturated heterocycles. The van der Waals surface area contributed by atoms with Crippen molar-refractivity contribution in [2.75, 3.05) is 46.2 Å². The Labute approximate surface area is 145 Å². The standard InChI is InChI=1S/C15H18F5NO5/c16-10-11(17)13(19)15(14(20)12(10)18)26-9(22)1-3-23-5-7-25-8-6-24-4-2-21/h1-8,21H2. The second kappa shape index (κ2) is 11.7. The van der Waals surface area contributed by atoms with Gasteiger partial charge in [0, 0.05) is 6.54 Å². The number of hydrogen-bond donors (Lipinski definition) is 1. The van der Waals surface area contributed by atoms with Crippen molar-refractivity contribution in [3.63, 3.8) is 0 Å². The van der Waals surface area contributed by atoms with Crippen LogP contribution in [-0.2, 0) is 19.0 Å². The lowest BCUT2D eigenvalue weighted by Gasteiger charge is -2.09. The van der Waals surface area contributed by atoms with E-state index in [0.29, 0.717) is 26.4 Å². The Bertz CT molecular complexity index is 573. The van der Waals surface area contributed by atoms with Crippen LogP contribution in [0.25, 0.3) is 0 Å². The average molecular weight is 387 g/mol. The maximum absolute atomic E-state index is 13.3. The second-order valence-corrected chi connectivity index (χ2v) is 4.75. The van der Waals surface area contributed by atoms with Gasteiger partial charge in [-0.15, -0.1) is 0 Å². The molecule has 0 aromatic heterocycles. The minimum atomic E-state index is -2.34. The fraction of sp³-hybridized carbons (Fsp3) is 0.533. The van der Waals surface area contributed by atoms with Crippen LogP contribution in [0.4, 0.5) is 22.0 Å². The van der Waals surface area contributed by atoms with E-state index in [2.05, 4.69) is 4.74 Å². The molecule has 1 aromatic rings. The van der Waals surface area contributed by atoms with Gasteiger partial charge in [-0.05, 0) is 0 Å². The number of nitrogens with two attached hydrogens (primary N) is 1. The van der Waals surface area contributed by atoms with E-state index in [1.54, 1.807) is 0 Å². The molecule has 0 aliphatic rings. The van der Waals surface area contributed by atoms with Crippen molar-refractivity contribution < 1.29 is 45.7 Å². The summed E-state index contributed by atoms with van der Waals surface area (Å²) < 4.78 is 84.9. The Hall–Kier alpha value is -1.82. The molecule has 0 bridgehead atoms. The summed E-state index contributed by atoms with van der Waals surface area (Å²) in [7, 11) is 0. The molecule has 0 amide bonds. The Kier molecular flexibility index (Phi) is 10.0. The number of ether oxygens (including phenoxy) is 4. The van der Waals surface area contributed by atoms with Crippen LogP contribution >= 0.6 is 0 Å². The fourth-order valence-electron chi connectivity index (χ4n) is 1.62. The molecule has 0 heterocycles. The van der Waals surface area contributed by atoms with Gasteiger partial charge in [-0.25, -0.2) is 13.2 Å². The van der Waals surface area contributed by atoms with Gasteiger partial charge in [0.15, 0.2) is 0 Å². The largest absolute Gasteiger partial charge is 0.420 e. The third-order valence-corrected chi connectivity index (χ3v) is 2.84. The number of carbonyl (C=O) groups is 1. The van der Waals surface area contributed by atoms with E-state index in [9.17, 15) is 26.7 Å². The van der Waals surface area contributed by atoms with Crippen molar-refractivity contribution in [3.05, 3.63) is 29.1 Å². The third-order valence-electron chi connectivity index (χ3n) is 2.84. The number of carbonyl (C=O) groups excluding carboxylic acids is 1. The lowest BCUT2D eigenvalue weighted by Crippen LogP contribution is -2.16. The van der Waals surface area contributed by atoms with Crippen molar-refractivity contribution in [1.82, 2.24) is 0 Å². The van der Waals surface area contributed by atoms with Crippen LogP contribution in [0.2, 0.25) is 0 Å². The van der Waals surface area contributed by atoms with E-state index in [-0.39, 0.29) is 19.8 Å². The van der Waals surface area contributed by atoms with E-state index < -0.39 is 47.2 Å². The molecular weight excluding hydrogens is 369 g/mol. The summed E-state index contributed by atoms with van der Waals surface area (Å²) in [6.07, 6.45) is -0.459. The predicted octanol–water partition coefficient (Wildman–Crippen LogP) is 1.69. The molecule has 0 saturated carbocycles. The van der Waals surface area contributed by atoms with Gasteiger partial charge in [0.2, 0.25) is 34.8 Å². The summed E-state index contributed by atoms with van der Waals surface area (Å²) in [5.41, 5.74) is 5.22. The van der Waals surface area contributed by atoms with Gasteiger partial charge >= 0.3 is 5.97 Å². The number of halogens is 5. The molecule has 6 nitrogen and oxygen atoms in total. The Morgan fingerprint density at radius 1 is 0.692 bits per heavy atom. The van der Waals surface area contributed by atoms with Gasteiger partial charge in [0.05, 0.1) is 46.1 Å². The van der Waals surface area contributed by atoms with Gasteiger partial charge in [0.25, 0.3) is 0 Å². The van der Waals surface area contributed by atoms with Crippen LogP contribution in [0, 0.1) is 29.1 Å². The van der Waals surface area contributed by atoms with E-state index >= 15 is 0 Å². The zero-order valence-electron chi connectivity index (χ0n) is 13.7. The van der Waals surface area contributed by atoms with E-state index in [1.807, 2.05) is 0 Å². The highest BCUT2D eigenvalue weighted by Gasteiger charge is 2.28. The minimum Gasteiger partial charge on any atom is -0.420 e. The summed E-state index contributed by atoms with van der Waals surface area (Å²) in [5, 5.41) is 0. The summed E-state index contributed by atoms with van der Waals surface area (Å²) >= 11 is 0. The molecular formula is C15H18F5NO5. The zero-order valence-corrected chi connectivity index (χ0v) is 13.7. The van der Waals surface area contributed by atoms with Gasteiger partial charge in [-0.1, -0.05) is 0 Å².